The van der Waals surface area contributed by atoms with Crippen LogP contribution < -0.4 is 16.3 Å². The number of hydrazine groups is 1. The number of nitrogens with one attached hydrogen (secondary N) is 3. The maximum atomic E-state index is 5.05. The molecule has 0 atom stereocenters. The lowest BCUT2D eigenvalue weighted by molar-refractivity contribution is 0.554. The van der Waals surface area contributed by atoms with E-state index in [4.69, 9.17) is 12.2 Å². The topological polar surface area (TPSA) is 48.5 Å². The molecule has 0 saturated heterocycles. The number of hydrogen-bond donors (Lipinski definition) is 3. The Kier molecular flexibility index (Phi) is 5.59. The first-order chi connectivity index (χ1) is 8.09. The van der Waals surface area contributed by atoms with E-state index in [-0.39, 0.29) is 0 Å². The summed E-state index contributed by atoms with van der Waals surface area (Å²) in [6.07, 6.45) is 0. The molecule has 5 heteroatoms. The Labute approximate surface area is 107 Å². The van der Waals surface area contributed by atoms with Crippen LogP contribution in [0.5, 0.6) is 0 Å². The molecule has 0 aliphatic rings. The zero-order valence-corrected chi connectivity index (χ0v) is 11.1. The highest BCUT2D eigenvalue weighted by Gasteiger charge is 1.97. The van der Waals surface area contributed by atoms with Gasteiger partial charge in [-0.05, 0) is 38.6 Å². The predicted molar refractivity (Wildman–Crippen MR) is 75.8 cm³/mol. The predicted octanol–water partition coefficient (Wildman–Crippen LogP) is 1.79. The van der Waals surface area contributed by atoms with Crippen LogP contribution in [0.3, 0.4) is 0 Å². The Bertz CT molecular complexity index is 387. The summed E-state index contributed by atoms with van der Waals surface area (Å²) in [5.41, 5.74) is 10.6. The van der Waals surface area contributed by atoms with Crippen LogP contribution in [0, 0.1) is 0 Å². The van der Waals surface area contributed by atoms with Crippen LogP contribution in [0.4, 0.5) is 0 Å². The van der Waals surface area contributed by atoms with Gasteiger partial charge in [0.15, 0.2) is 0 Å². The van der Waals surface area contributed by atoms with Gasteiger partial charge in [-0.1, -0.05) is 30.3 Å². The summed E-state index contributed by atoms with van der Waals surface area (Å²) in [5.74, 6) is 0. The molecule has 0 aliphatic carbocycles. The van der Waals surface area contributed by atoms with Crippen LogP contribution in [0.2, 0.25) is 0 Å². The molecule has 4 nitrogen and oxygen atoms in total. The number of benzene rings is 1. The van der Waals surface area contributed by atoms with E-state index in [1.807, 2.05) is 51.1 Å². The zero-order valence-electron chi connectivity index (χ0n) is 10.3. The quantitative estimate of drug-likeness (QED) is 0.433. The highest BCUT2D eigenvalue weighted by Crippen LogP contribution is 1.99. The third-order valence-corrected chi connectivity index (χ3v) is 2.18. The van der Waals surface area contributed by atoms with Crippen LogP contribution in [0.1, 0.15) is 26.3 Å². The number of thiocarbonyl (C=S) groups is 1. The van der Waals surface area contributed by atoms with E-state index >= 15 is 0 Å². The molecular weight excluding hydrogens is 232 g/mol. The first-order valence-corrected chi connectivity index (χ1v) is 5.91. The van der Waals surface area contributed by atoms with Crippen LogP contribution in [0.15, 0.2) is 35.4 Å². The molecule has 0 saturated carbocycles. The van der Waals surface area contributed by atoms with Gasteiger partial charge in [0.1, 0.15) is 0 Å². The zero-order chi connectivity index (χ0) is 12.7. The standard InChI is InChI=1S/C12H18N4S/c1-9(2)13-15-12(17)16-14-10(3)11-7-5-4-6-8-11/h4-9,13H,1-3H3,(H2,15,16,17)/b14-10+. The molecule has 1 aromatic rings. The lowest BCUT2D eigenvalue weighted by Crippen LogP contribution is -2.45. The van der Waals surface area contributed by atoms with Crippen molar-refractivity contribution < 1.29 is 0 Å². The molecule has 17 heavy (non-hydrogen) atoms. The summed E-state index contributed by atoms with van der Waals surface area (Å²) < 4.78 is 0. The first-order valence-electron chi connectivity index (χ1n) is 5.51. The molecule has 0 aliphatic heterocycles. The minimum atomic E-state index is 0.314. The van der Waals surface area contributed by atoms with Gasteiger partial charge in [-0.25, -0.2) is 5.43 Å². The summed E-state index contributed by atoms with van der Waals surface area (Å²) in [5, 5.41) is 4.65. The minimum absolute atomic E-state index is 0.314. The molecule has 0 unspecified atom stereocenters. The Balaban J connectivity index is 2.46. The van der Waals surface area contributed by atoms with Gasteiger partial charge in [-0.15, -0.1) is 0 Å². The highest BCUT2D eigenvalue weighted by atomic mass is 32.1. The second kappa shape index (κ2) is 6.98. The van der Waals surface area contributed by atoms with E-state index in [9.17, 15) is 0 Å². The molecule has 92 valence electrons. The number of hydrogen-bond acceptors (Lipinski definition) is 3. The number of rotatable bonds is 4. The summed E-state index contributed by atoms with van der Waals surface area (Å²) in [6.45, 7) is 5.98. The fourth-order valence-electron chi connectivity index (χ4n) is 1.12. The third-order valence-electron chi connectivity index (χ3n) is 1.99. The smallest absolute Gasteiger partial charge is 0.201 e. The Hall–Kier alpha value is -1.46. The van der Waals surface area contributed by atoms with Crippen molar-refractivity contribution in [2.24, 2.45) is 5.10 Å². The number of hydrazone groups is 1. The summed E-state index contributed by atoms with van der Waals surface area (Å²) in [7, 11) is 0. The fraction of sp³-hybridized carbons (Fsp3) is 0.333. The average Bonchev–Trinajstić information content (AvgIpc) is 2.34. The number of nitrogens with zero attached hydrogens (tertiary/aromatic N) is 1. The molecule has 0 aromatic heterocycles. The van der Waals surface area contributed by atoms with Crippen molar-refractivity contribution in [3.8, 4) is 0 Å². The SMILES string of the molecule is C/C(=N\NC(=S)NNC(C)C)c1ccccc1. The Morgan fingerprint density at radius 2 is 1.88 bits per heavy atom. The van der Waals surface area contributed by atoms with E-state index in [1.54, 1.807) is 0 Å². The van der Waals surface area contributed by atoms with Crippen molar-refractivity contribution in [1.82, 2.24) is 16.3 Å². The van der Waals surface area contributed by atoms with E-state index < -0.39 is 0 Å². The molecule has 3 N–H and O–H groups in total. The van der Waals surface area contributed by atoms with Crippen LogP contribution >= 0.6 is 12.2 Å². The second-order valence-electron chi connectivity index (χ2n) is 3.93. The summed E-state index contributed by atoms with van der Waals surface area (Å²) >= 11 is 5.05. The van der Waals surface area contributed by atoms with Gasteiger partial charge in [-0.2, -0.15) is 5.10 Å². The summed E-state index contributed by atoms with van der Waals surface area (Å²) in [6, 6.07) is 10.3. The molecule has 1 aromatic carbocycles. The van der Waals surface area contributed by atoms with Crippen LogP contribution in [0.25, 0.3) is 0 Å². The van der Waals surface area contributed by atoms with Crippen molar-refractivity contribution in [2.45, 2.75) is 26.8 Å². The lowest BCUT2D eigenvalue weighted by Gasteiger charge is -2.11. The highest BCUT2D eigenvalue weighted by molar-refractivity contribution is 7.80. The normalized spacial score (nSPS) is 11.4. The van der Waals surface area contributed by atoms with Gasteiger partial charge in [0.25, 0.3) is 0 Å². The van der Waals surface area contributed by atoms with Crippen LogP contribution in [-0.4, -0.2) is 16.9 Å². The summed E-state index contributed by atoms with van der Waals surface area (Å²) in [4.78, 5) is 0. The van der Waals surface area contributed by atoms with Crippen molar-refractivity contribution in [3.05, 3.63) is 35.9 Å². The van der Waals surface area contributed by atoms with Gasteiger partial charge >= 0.3 is 0 Å². The minimum Gasteiger partial charge on any atom is -0.297 e. The molecule has 0 amide bonds. The van der Waals surface area contributed by atoms with Gasteiger partial charge in [0.2, 0.25) is 5.11 Å². The maximum absolute atomic E-state index is 5.05. The largest absolute Gasteiger partial charge is 0.297 e. The van der Waals surface area contributed by atoms with E-state index in [2.05, 4.69) is 21.4 Å². The molecule has 0 spiro atoms. The molecular formula is C12H18N4S. The lowest BCUT2D eigenvalue weighted by atomic mass is 10.1. The van der Waals surface area contributed by atoms with Crippen molar-refractivity contribution >= 4 is 23.0 Å². The van der Waals surface area contributed by atoms with Gasteiger partial charge < -0.3 is 0 Å². The maximum Gasteiger partial charge on any atom is 0.201 e. The van der Waals surface area contributed by atoms with E-state index in [0.29, 0.717) is 11.2 Å². The van der Waals surface area contributed by atoms with E-state index in [0.717, 1.165) is 11.3 Å². The van der Waals surface area contributed by atoms with Crippen LogP contribution in [-0.2, 0) is 0 Å². The van der Waals surface area contributed by atoms with E-state index in [1.165, 1.54) is 0 Å². The van der Waals surface area contributed by atoms with Crippen molar-refractivity contribution in [2.75, 3.05) is 0 Å². The van der Waals surface area contributed by atoms with Gasteiger partial charge in [0.05, 0.1) is 5.71 Å². The molecule has 0 bridgehead atoms. The first kappa shape index (κ1) is 13.6. The van der Waals surface area contributed by atoms with Crippen molar-refractivity contribution in [1.29, 1.82) is 0 Å². The molecule has 0 fully saturated rings. The third kappa shape index (κ3) is 5.42. The molecule has 1 rings (SSSR count). The van der Waals surface area contributed by atoms with Crippen molar-refractivity contribution in [3.63, 3.8) is 0 Å². The molecule has 0 radical (unpaired) electrons. The van der Waals surface area contributed by atoms with Gasteiger partial charge in [-0.3, -0.25) is 10.9 Å². The van der Waals surface area contributed by atoms with Gasteiger partial charge in [0, 0.05) is 6.04 Å². The average molecular weight is 250 g/mol. The Morgan fingerprint density at radius 1 is 1.24 bits per heavy atom. The molecule has 0 heterocycles. The monoisotopic (exact) mass is 250 g/mol. The fourth-order valence-corrected chi connectivity index (χ4v) is 1.22. The Morgan fingerprint density at radius 3 is 2.47 bits per heavy atom. The second-order valence-corrected chi connectivity index (χ2v) is 4.34.